The Morgan fingerprint density at radius 1 is 1.17 bits per heavy atom. The first-order valence-electron chi connectivity index (χ1n) is 7.38. The second-order valence-electron chi connectivity index (χ2n) is 5.59. The Morgan fingerprint density at radius 2 is 1.83 bits per heavy atom. The van der Waals surface area contributed by atoms with E-state index in [1.165, 1.54) is 19.3 Å². The lowest BCUT2D eigenvalue weighted by Crippen LogP contribution is -2.46. The molecular formula is C14H30N2O2. The molecule has 0 amide bonds. The van der Waals surface area contributed by atoms with Crippen molar-refractivity contribution in [3.05, 3.63) is 0 Å². The minimum atomic E-state index is 0.175. The molecule has 4 heteroatoms. The average molecular weight is 258 g/mol. The predicted molar refractivity (Wildman–Crippen MR) is 74.6 cm³/mol. The summed E-state index contributed by atoms with van der Waals surface area (Å²) in [5.74, 6) is 1.45. The van der Waals surface area contributed by atoms with Gasteiger partial charge in [-0.3, -0.25) is 4.90 Å². The minimum Gasteiger partial charge on any atom is -0.395 e. The van der Waals surface area contributed by atoms with Crippen molar-refractivity contribution in [2.75, 3.05) is 39.4 Å². The lowest BCUT2D eigenvalue weighted by molar-refractivity contribution is 0.109. The lowest BCUT2D eigenvalue weighted by Gasteiger charge is -2.38. The summed E-state index contributed by atoms with van der Waals surface area (Å²) in [5.41, 5.74) is 0. The number of aliphatic hydroxyl groups excluding tert-OH is 2. The fraction of sp³-hybridized carbons (Fsp3) is 1.00. The van der Waals surface area contributed by atoms with Crippen molar-refractivity contribution in [3.63, 3.8) is 0 Å². The van der Waals surface area contributed by atoms with E-state index >= 15 is 0 Å². The van der Waals surface area contributed by atoms with E-state index < -0.39 is 0 Å². The van der Waals surface area contributed by atoms with Gasteiger partial charge in [-0.1, -0.05) is 13.8 Å². The van der Waals surface area contributed by atoms with E-state index in [-0.39, 0.29) is 13.2 Å². The molecule has 3 atom stereocenters. The Balaban J connectivity index is 2.51. The highest BCUT2D eigenvalue weighted by Gasteiger charge is 2.29. The largest absolute Gasteiger partial charge is 0.395 e. The summed E-state index contributed by atoms with van der Waals surface area (Å²) in [6.07, 6.45) is 3.82. The van der Waals surface area contributed by atoms with Gasteiger partial charge in [0.05, 0.1) is 13.2 Å². The molecule has 18 heavy (non-hydrogen) atoms. The molecule has 108 valence electrons. The number of nitrogens with zero attached hydrogens (tertiary/aromatic N) is 1. The maximum Gasteiger partial charge on any atom is 0.0558 e. The van der Waals surface area contributed by atoms with Crippen molar-refractivity contribution in [2.45, 2.75) is 39.2 Å². The van der Waals surface area contributed by atoms with Crippen LogP contribution in [0.3, 0.4) is 0 Å². The second-order valence-corrected chi connectivity index (χ2v) is 5.59. The number of hydrogen-bond donors (Lipinski definition) is 3. The molecule has 0 aromatic heterocycles. The van der Waals surface area contributed by atoms with Crippen LogP contribution in [0.15, 0.2) is 0 Å². The molecule has 3 unspecified atom stereocenters. The standard InChI is InChI=1S/C14H30N2O2/c1-3-15-14-5-4-12(2)10-13(14)11-16(6-8-17)7-9-18/h12-15,17-18H,3-11H2,1-2H3. The van der Waals surface area contributed by atoms with Gasteiger partial charge in [0, 0.05) is 25.7 Å². The normalized spacial score (nSPS) is 28.8. The predicted octanol–water partition coefficient (Wildman–Crippen LogP) is 0.687. The van der Waals surface area contributed by atoms with Crippen LogP contribution in [0.25, 0.3) is 0 Å². The SMILES string of the molecule is CCNC1CCC(C)CC1CN(CCO)CCO. The van der Waals surface area contributed by atoms with E-state index in [1.807, 2.05) is 0 Å². The van der Waals surface area contributed by atoms with E-state index in [0.29, 0.717) is 25.0 Å². The second kappa shape index (κ2) is 8.86. The molecule has 0 aromatic carbocycles. The third-order valence-electron chi connectivity index (χ3n) is 4.04. The molecular weight excluding hydrogens is 228 g/mol. The maximum absolute atomic E-state index is 9.08. The van der Waals surface area contributed by atoms with Gasteiger partial charge in [0.25, 0.3) is 0 Å². The van der Waals surface area contributed by atoms with Gasteiger partial charge in [-0.25, -0.2) is 0 Å². The van der Waals surface area contributed by atoms with Crippen molar-refractivity contribution in [1.82, 2.24) is 10.2 Å². The highest BCUT2D eigenvalue weighted by Crippen LogP contribution is 2.29. The van der Waals surface area contributed by atoms with Gasteiger partial charge in [0.15, 0.2) is 0 Å². The molecule has 0 radical (unpaired) electrons. The molecule has 0 aromatic rings. The molecule has 1 aliphatic carbocycles. The number of nitrogens with one attached hydrogen (secondary N) is 1. The third-order valence-corrected chi connectivity index (χ3v) is 4.04. The molecule has 3 N–H and O–H groups in total. The maximum atomic E-state index is 9.08. The molecule has 0 bridgehead atoms. The van der Waals surface area contributed by atoms with Crippen molar-refractivity contribution in [1.29, 1.82) is 0 Å². The zero-order valence-electron chi connectivity index (χ0n) is 11.9. The first kappa shape index (κ1) is 15.9. The Morgan fingerprint density at radius 3 is 2.39 bits per heavy atom. The molecule has 1 rings (SSSR count). The van der Waals surface area contributed by atoms with Crippen LogP contribution in [-0.4, -0.2) is 60.5 Å². The zero-order valence-corrected chi connectivity index (χ0v) is 11.9. The van der Waals surface area contributed by atoms with E-state index in [4.69, 9.17) is 10.2 Å². The van der Waals surface area contributed by atoms with Crippen LogP contribution in [0, 0.1) is 11.8 Å². The number of hydrogen-bond acceptors (Lipinski definition) is 4. The smallest absolute Gasteiger partial charge is 0.0558 e. The van der Waals surface area contributed by atoms with Gasteiger partial charge in [0.2, 0.25) is 0 Å². The van der Waals surface area contributed by atoms with Crippen LogP contribution >= 0.6 is 0 Å². The van der Waals surface area contributed by atoms with Crippen molar-refractivity contribution in [2.24, 2.45) is 11.8 Å². The minimum absolute atomic E-state index is 0.175. The first-order valence-corrected chi connectivity index (χ1v) is 7.38. The van der Waals surface area contributed by atoms with Crippen LogP contribution in [-0.2, 0) is 0 Å². The van der Waals surface area contributed by atoms with E-state index in [0.717, 1.165) is 19.0 Å². The van der Waals surface area contributed by atoms with Crippen LogP contribution in [0.1, 0.15) is 33.1 Å². The van der Waals surface area contributed by atoms with Gasteiger partial charge in [0.1, 0.15) is 0 Å². The summed E-state index contributed by atoms with van der Waals surface area (Å²) >= 11 is 0. The summed E-state index contributed by atoms with van der Waals surface area (Å²) in [4.78, 5) is 2.19. The van der Waals surface area contributed by atoms with Gasteiger partial charge in [-0.15, -0.1) is 0 Å². The fourth-order valence-corrected chi connectivity index (χ4v) is 3.14. The average Bonchev–Trinajstić information content (AvgIpc) is 2.33. The van der Waals surface area contributed by atoms with Crippen molar-refractivity contribution < 1.29 is 10.2 Å². The van der Waals surface area contributed by atoms with E-state index in [1.54, 1.807) is 0 Å². The Kier molecular flexibility index (Phi) is 7.82. The fourth-order valence-electron chi connectivity index (χ4n) is 3.14. The lowest BCUT2D eigenvalue weighted by atomic mass is 9.78. The van der Waals surface area contributed by atoms with Crippen molar-refractivity contribution >= 4 is 0 Å². The molecule has 1 aliphatic rings. The highest BCUT2D eigenvalue weighted by molar-refractivity contribution is 4.85. The van der Waals surface area contributed by atoms with E-state index in [9.17, 15) is 0 Å². The summed E-state index contributed by atoms with van der Waals surface area (Å²) < 4.78 is 0. The van der Waals surface area contributed by atoms with E-state index in [2.05, 4.69) is 24.1 Å². The Labute approximate surface area is 111 Å². The molecule has 1 fully saturated rings. The van der Waals surface area contributed by atoms with Crippen LogP contribution < -0.4 is 5.32 Å². The Bertz CT molecular complexity index is 208. The van der Waals surface area contributed by atoms with Crippen LogP contribution in [0.2, 0.25) is 0 Å². The quantitative estimate of drug-likeness (QED) is 0.599. The monoisotopic (exact) mass is 258 g/mol. The van der Waals surface area contributed by atoms with Gasteiger partial charge < -0.3 is 15.5 Å². The van der Waals surface area contributed by atoms with Crippen LogP contribution in [0.4, 0.5) is 0 Å². The topological polar surface area (TPSA) is 55.7 Å². The molecule has 0 saturated heterocycles. The summed E-state index contributed by atoms with van der Waals surface area (Å²) in [5, 5.41) is 21.7. The Hall–Kier alpha value is -0.160. The molecule has 0 heterocycles. The number of rotatable bonds is 8. The van der Waals surface area contributed by atoms with Gasteiger partial charge in [-0.2, -0.15) is 0 Å². The zero-order chi connectivity index (χ0) is 13.4. The molecule has 0 aliphatic heterocycles. The number of aliphatic hydroxyl groups is 2. The molecule has 4 nitrogen and oxygen atoms in total. The van der Waals surface area contributed by atoms with Gasteiger partial charge in [-0.05, 0) is 37.6 Å². The summed E-state index contributed by atoms with van der Waals surface area (Å²) in [6.45, 7) is 8.20. The summed E-state index contributed by atoms with van der Waals surface area (Å²) in [6, 6.07) is 0.603. The third kappa shape index (κ3) is 5.22. The van der Waals surface area contributed by atoms with Crippen molar-refractivity contribution in [3.8, 4) is 0 Å². The van der Waals surface area contributed by atoms with Crippen LogP contribution in [0.5, 0.6) is 0 Å². The summed E-state index contributed by atoms with van der Waals surface area (Å²) in [7, 11) is 0. The first-order chi connectivity index (χ1) is 8.71. The molecule has 1 saturated carbocycles. The van der Waals surface area contributed by atoms with Gasteiger partial charge >= 0.3 is 0 Å². The highest BCUT2D eigenvalue weighted by atomic mass is 16.3. The molecule has 0 spiro atoms.